The largest absolute Gasteiger partial charge is 0.497 e. The van der Waals surface area contributed by atoms with Gasteiger partial charge in [0.05, 0.1) is 13.3 Å². The predicted molar refractivity (Wildman–Crippen MR) is 111 cm³/mol. The molecule has 154 valence electrons. The van der Waals surface area contributed by atoms with Crippen molar-refractivity contribution >= 4 is 18.1 Å². The summed E-state index contributed by atoms with van der Waals surface area (Å²) in [7, 11) is 1.53. The Morgan fingerprint density at radius 2 is 1.83 bits per heavy atom. The van der Waals surface area contributed by atoms with Gasteiger partial charge in [0.25, 0.3) is 5.91 Å². The number of ether oxygens (including phenoxy) is 3. The van der Waals surface area contributed by atoms with Gasteiger partial charge in [-0.15, -0.1) is 0 Å². The number of hydrazone groups is 1. The van der Waals surface area contributed by atoms with E-state index in [9.17, 15) is 9.59 Å². The summed E-state index contributed by atoms with van der Waals surface area (Å²) in [6.07, 6.45) is 4.71. The number of hydrogen-bond acceptors (Lipinski definition) is 6. The standard InChI is InChI=1S/C22H26N2O5/c1-4-5-6-17-7-9-19(10-8-17)28-15-22(26)24-23-14-18-13-20(27-3)11-12-21(18)29-16(2)25/h7-14H,4-6,15H2,1-3H3,(H,24,26). The molecule has 0 aromatic heterocycles. The molecular formula is C22H26N2O5. The van der Waals surface area contributed by atoms with Crippen molar-refractivity contribution in [1.29, 1.82) is 0 Å². The van der Waals surface area contributed by atoms with Crippen LogP contribution in [0.1, 0.15) is 37.8 Å². The molecule has 0 aliphatic rings. The Balaban J connectivity index is 1.88. The molecule has 0 heterocycles. The van der Waals surface area contributed by atoms with Gasteiger partial charge in [-0.1, -0.05) is 25.5 Å². The van der Waals surface area contributed by atoms with Crippen LogP contribution in [-0.4, -0.2) is 31.8 Å². The van der Waals surface area contributed by atoms with Crippen molar-refractivity contribution in [3.05, 3.63) is 53.6 Å². The number of unbranched alkanes of at least 4 members (excludes halogenated alkanes) is 1. The quantitative estimate of drug-likeness (QED) is 0.287. The van der Waals surface area contributed by atoms with Crippen LogP contribution in [0.2, 0.25) is 0 Å². The van der Waals surface area contributed by atoms with Crippen LogP contribution in [0, 0.1) is 0 Å². The van der Waals surface area contributed by atoms with E-state index in [4.69, 9.17) is 14.2 Å². The Bertz CT molecular complexity index is 847. The summed E-state index contributed by atoms with van der Waals surface area (Å²) in [6, 6.07) is 12.6. The van der Waals surface area contributed by atoms with Crippen molar-refractivity contribution in [2.75, 3.05) is 13.7 Å². The molecule has 1 N–H and O–H groups in total. The SMILES string of the molecule is CCCCc1ccc(OCC(=O)NN=Cc2cc(OC)ccc2OC(C)=O)cc1. The molecule has 0 aliphatic carbocycles. The van der Waals surface area contributed by atoms with Crippen LogP contribution < -0.4 is 19.6 Å². The first kappa shape index (κ1) is 21.9. The highest BCUT2D eigenvalue weighted by Crippen LogP contribution is 2.23. The van der Waals surface area contributed by atoms with Crippen LogP contribution in [0.4, 0.5) is 0 Å². The number of nitrogens with one attached hydrogen (secondary N) is 1. The van der Waals surface area contributed by atoms with Gasteiger partial charge in [-0.2, -0.15) is 5.10 Å². The maximum Gasteiger partial charge on any atom is 0.308 e. The summed E-state index contributed by atoms with van der Waals surface area (Å²) < 4.78 is 15.7. The molecule has 0 radical (unpaired) electrons. The summed E-state index contributed by atoms with van der Waals surface area (Å²) in [5.74, 6) is 0.639. The Labute approximate surface area is 170 Å². The van der Waals surface area contributed by atoms with Crippen LogP contribution in [0.5, 0.6) is 17.2 Å². The number of nitrogens with zero attached hydrogens (tertiary/aromatic N) is 1. The zero-order valence-corrected chi connectivity index (χ0v) is 16.9. The van der Waals surface area contributed by atoms with Gasteiger partial charge < -0.3 is 14.2 Å². The summed E-state index contributed by atoms with van der Waals surface area (Å²) in [5.41, 5.74) is 4.12. The van der Waals surface area contributed by atoms with Gasteiger partial charge >= 0.3 is 5.97 Å². The molecule has 0 unspecified atom stereocenters. The summed E-state index contributed by atoms with van der Waals surface area (Å²) in [5, 5.41) is 3.89. The number of rotatable bonds is 10. The minimum atomic E-state index is -0.456. The third-order valence-electron chi connectivity index (χ3n) is 3.98. The number of benzene rings is 2. The second-order valence-corrected chi connectivity index (χ2v) is 6.33. The molecule has 0 aliphatic heterocycles. The monoisotopic (exact) mass is 398 g/mol. The molecule has 2 rings (SSSR count). The van der Waals surface area contributed by atoms with Crippen molar-refractivity contribution in [3.63, 3.8) is 0 Å². The highest BCUT2D eigenvalue weighted by atomic mass is 16.5. The van der Waals surface area contributed by atoms with Crippen LogP contribution in [-0.2, 0) is 16.0 Å². The molecule has 2 aromatic rings. The second-order valence-electron chi connectivity index (χ2n) is 6.33. The molecule has 29 heavy (non-hydrogen) atoms. The van der Waals surface area contributed by atoms with E-state index in [1.807, 2.05) is 24.3 Å². The molecule has 0 fully saturated rings. The molecule has 1 amide bonds. The zero-order valence-electron chi connectivity index (χ0n) is 16.9. The highest BCUT2D eigenvalue weighted by molar-refractivity contribution is 5.87. The lowest BCUT2D eigenvalue weighted by Gasteiger charge is -2.08. The van der Waals surface area contributed by atoms with E-state index in [0.717, 1.165) is 19.3 Å². The Kier molecular flexibility index (Phi) is 8.69. The van der Waals surface area contributed by atoms with Gasteiger partial charge in [-0.25, -0.2) is 5.43 Å². The minimum Gasteiger partial charge on any atom is -0.497 e. The molecule has 7 heteroatoms. The fourth-order valence-corrected chi connectivity index (χ4v) is 2.49. The van der Waals surface area contributed by atoms with Gasteiger partial charge in [-0.3, -0.25) is 9.59 Å². The van der Waals surface area contributed by atoms with Gasteiger partial charge in [-0.05, 0) is 48.7 Å². The number of esters is 1. The van der Waals surface area contributed by atoms with Gasteiger partial charge in [0.15, 0.2) is 6.61 Å². The molecule has 0 atom stereocenters. The molecule has 0 saturated carbocycles. The predicted octanol–water partition coefficient (Wildman–Crippen LogP) is 3.49. The van der Waals surface area contributed by atoms with Crippen molar-refractivity contribution < 1.29 is 23.8 Å². The Hall–Kier alpha value is -3.35. The average molecular weight is 398 g/mol. The average Bonchev–Trinajstić information content (AvgIpc) is 2.72. The lowest BCUT2D eigenvalue weighted by Crippen LogP contribution is -2.24. The van der Waals surface area contributed by atoms with E-state index in [2.05, 4.69) is 17.5 Å². The van der Waals surface area contributed by atoms with Crippen molar-refractivity contribution in [1.82, 2.24) is 5.43 Å². The Morgan fingerprint density at radius 1 is 1.10 bits per heavy atom. The lowest BCUT2D eigenvalue weighted by atomic mass is 10.1. The summed E-state index contributed by atoms with van der Waals surface area (Å²) in [4.78, 5) is 23.2. The van der Waals surface area contributed by atoms with Gasteiger partial charge in [0, 0.05) is 12.5 Å². The molecule has 0 saturated heterocycles. The van der Waals surface area contributed by atoms with E-state index < -0.39 is 11.9 Å². The number of hydrogen-bond donors (Lipinski definition) is 1. The minimum absolute atomic E-state index is 0.166. The van der Waals surface area contributed by atoms with Crippen LogP contribution >= 0.6 is 0 Å². The van der Waals surface area contributed by atoms with Crippen molar-refractivity contribution in [2.45, 2.75) is 33.1 Å². The first-order valence-corrected chi connectivity index (χ1v) is 9.42. The topological polar surface area (TPSA) is 86.2 Å². The molecule has 7 nitrogen and oxygen atoms in total. The maximum atomic E-state index is 11.9. The van der Waals surface area contributed by atoms with Crippen LogP contribution in [0.3, 0.4) is 0 Å². The number of amides is 1. The normalized spacial score (nSPS) is 10.6. The lowest BCUT2D eigenvalue weighted by molar-refractivity contribution is -0.132. The fourth-order valence-electron chi connectivity index (χ4n) is 2.49. The second kappa shape index (κ2) is 11.5. The maximum absolute atomic E-state index is 11.9. The van der Waals surface area contributed by atoms with Crippen molar-refractivity contribution in [3.8, 4) is 17.2 Å². The van der Waals surface area contributed by atoms with E-state index in [-0.39, 0.29) is 6.61 Å². The Morgan fingerprint density at radius 3 is 2.48 bits per heavy atom. The number of carbonyl (C=O) groups excluding carboxylic acids is 2. The van der Waals surface area contributed by atoms with E-state index in [0.29, 0.717) is 22.8 Å². The molecule has 0 spiro atoms. The van der Waals surface area contributed by atoms with Gasteiger partial charge in [0.2, 0.25) is 0 Å². The van der Waals surface area contributed by atoms with Gasteiger partial charge in [0.1, 0.15) is 17.2 Å². The van der Waals surface area contributed by atoms with Crippen LogP contribution in [0.15, 0.2) is 47.6 Å². The van der Waals surface area contributed by atoms with Crippen molar-refractivity contribution in [2.24, 2.45) is 5.10 Å². The van der Waals surface area contributed by atoms with E-state index in [1.165, 1.54) is 25.8 Å². The zero-order chi connectivity index (χ0) is 21.1. The summed E-state index contributed by atoms with van der Waals surface area (Å²) >= 11 is 0. The molecule has 0 bridgehead atoms. The highest BCUT2D eigenvalue weighted by Gasteiger charge is 2.07. The fraction of sp³-hybridized carbons (Fsp3) is 0.318. The number of aryl methyl sites for hydroxylation is 1. The molecule has 2 aromatic carbocycles. The first-order chi connectivity index (χ1) is 14.0. The van der Waals surface area contributed by atoms with E-state index >= 15 is 0 Å². The number of carbonyl (C=O) groups is 2. The first-order valence-electron chi connectivity index (χ1n) is 9.42. The van der Waals surface area contributed by atoms with Crippen LogP contribution in [0.25, 0.3) is 0 Å². The smallest absolute Gasteiger partial charge is 0.308 e. The summed E-state index contributed by atoms with van der Waals surface area (Å²) in [6.45, 7) is 3.30. The third-order valence-corrected chi connectivity index (χ3v) is 3.98. The third kappa shape index (κ3) is 7.65. The van der Waals surface area contributed by atoms with E-state index in [1.54, 1.807) is 18.2 Å². The number of methoxy groups -OCH3 is 1. The molecular weight excluding hydrogens is 372 g/mol.